The van der Waals surface area contributed by atoms with Crippen molar-refractivity contribution < 1.29 is 27.5 Å². The number of benzene rings is 2. The molecular weight excluding hydrogens is 593 g/mol. The molecule has 2 aromatic rings. The molecule has 3 saturated heterocycles. The first-order valence-corrected chi connectivity index (χ1v) is 16.5. The molecule has 0 bridgehead atoms. The molecule has 2 N–H and O–H groups in total. The van der Waals surface area contributed by atoms with Crippen LogP contribution >= 0.6 is 11.6 Å². The largest absolute Gasteiger partial charge is 0.495 e. The summed E-state index contributed by atoms with van der Waals surface area (Å²) >= 11 is 6.25. The molecule has 6 rings (SSSR count). The SMILES string of the molecule is Bc1ccc(CC2C(=O)N(C3CC3)CC3N2C(=O)C(NC(=O)C2CCCN2)CN3S(=O)(=O)c2cc(Cl)ccc2OC)cc1. The maximum Gasteiger partial charge on any atom is 0.248 e. The van der Waals surface area contributed by atoms with Crippen LogP contribution in [0.15, 0.2) is 47.4 Å². The highest BCUT2D eigenvalue weighted by Gasteiger charge is 2.56. The van der Waals surface area contributed by atoms with Crippen LogP contribution in [0.3, 0.4) is 0 Å². The minimum Gasteiger partial charge on any atom is -0.495 e. The number of hydrogen-bond acceptors (Lipinski definition) is 7. The van der Waals surface area contributed by atoms with Crippen LogP contribution in [0, 0.1) is 0 Å². The van der Waals surface area contributed by atoms with Gasteiger partial charge in [-0.15, -0.1) is 0 Å². The maximum atomic E-state index is 14.5. The molecule has 3 aliphatic heterocycles. The molecule has 0 radical (unpaired) electrons. The summed E-state index contributed by atoms with van der Waals surface area (Å²) < 4.78 is 35.6. The second kappa shape index (κ2) is 11.8. The van der Waals surface area contributed by atoms with Crippen molar-refractivity contribution in [1.82, 2.24) is 24.7 Å². The molecule has 3 heterocycles. The van der Waals surface area contributed by atoms with Gasteiger partial charge in [0.15, 0.2) is 0 Å². The Balaban J connectivity index is 1.43. The lowest BCUT2D eigenvalue weighted by Crippen LogP contribution is -2.76. The first-order valence-electron chi connectivity index (χ1n) is 14.7. The Hall–Kier alpha value is -3.13. The first kappa shape index (κ1) is 29.9. The highest BCUT2D eigenvalue weighted by atomic mass is 35.5. The van der Waals surface area contributed by atoms with Gasteiger partial charge in [-0.25, -0.2) is 8.42 Å². The average molecular weight is 628 g/mol. The Morgan fingerprint density at radius 1 is 1.09 bits per heavy atom. The highest BCUT2D eigenvalue weighted by Crippen LogP contribution is 2.38. The molecule has 4 unspecified atom stereocenters. The van der Waals surface area contributed by atoms with E-state index in [2.05, 4.69) is 10.6 Å². The van der Waals surface area contributed by atoms with E-state index < -0.39 is 40.2 Å². The first-order chi connectivity index (χ1) is 20.6. The number of amides is 3. The number of fused-ring (bicyclic) bond motifs is 1. The monoisotopic (exact) mass is 627 g/mol. The molecule has 0 spiro atoms. The van der Waals surface area contributed by atoms with Crippen molar-refractivity contribution in [2.75, 3.05) is 26.7 Å². The number of nitrogens with zero attached hydrogens (tertiary/aromatic N) is 3. The van der Waals surface area contributed by atoms with Gasteiger partial charge in [0.05, 0.1) is 19.7 Å². The van der Waals surface area contributed by atoms with Crippen molar-refractivity contribution in [2.24, 2.45) is 0 Å². The minimum atomic E-state index is -4.33. The third-order valence-electron chi connectivity index (χ3n) is 8.78. The lowest BCUT2D eigenvalue weighted by Gasteiger charge is -2.53. The van der Waals surface area contributed by atoms with Crippen LogP contribution < -0.4 is 20.8 Å². The highest BCUT2D eigenvalue weighted by molar-refractivity contribution is 7.89. The summed E-state index contributed by atoms with van der Waals surface area (Å²) in [4.78, 5) is 44.4. The van der Waals surface area contributed by atoms with Crippen molar-refractivity contribution in [3.63, 3.8) is 0 Å². The number of ether oxygens (including phenoxy) is 1. The number of rotatable bonds is 8. The van der Waals surface area contributed by atoms with E-state index in [1.54, 1.807) is 4.90 Å². The zero-order valence-electron chi connectivity index (χ0n) is 24.2. The Morgan fingerprint density at radius 3 is 2.49 bits per heavy atom. The van der Waals surface area contributed by atoms with Gasteiger partial charge >= 0.3 is 0 Å². The normalized spacial score (nSPS) is 26.4. The molecule has 14 heteroatoms. The predicted molar refractivity (Wildman–Crippen MR) is 162 cm³/mol. The molecule has 3 amide bonds. The number of hydrogen-bond donors (Lipinski definition) is 2. The van der Waals surface area contributed by atoms with E-state index in [1.807, 2.05) is 32.1 Å². The number of carbonyl (C=O) groups is 3. The topological polar surface area (TPSA) is 128 Å². The summed E-state index contributed by atoms with van der Waals surface area (Å²) in [5.41, 5.74) is 1.90. The van der Waals surface area contributed by atoms with Gasteiger partial charge in [-0.1, -0.05) is 41.3 Å². The van der Waals surface area contributed by atoms with Crippen molar-refractivity contribution in [3.8, 4) is 5.75 Å². The van der Waals surface area contributed by atoms with Crippen LogP contribution in [0.25, 0.3) is 0 Å². The van der Waals surface area contributed by atoms with Crippen LogP contribution in [0.4, 0.5) is 0 Å². The number of methoxy groups -OCH3 is 1. The summed E-state index contributed by atoms with van der Waals surface area (Å²) in [7, 11) is -0.993. The summed E-state index contributed by atoms with van der Waals surface area (Å²) in [5, 5.41) is 6.14. The van der Waals surface area contributed by atoms with E-state index in [4.69, 9.17) is 16.3 Å². The second-order valence-corrected chi connectivity index (χ2v) is 14.0. The molecule has 43 heavy (non-hydrogen) atoms. The van der Waals surface area contributed by atoms with Crippen molar-refractivity contribution in [2.45, 2.75) is 67.3 Å². The Morgan fingerprint density at radius 2 is 1.84 bits per heavy atom. The van der Waals surface area contributed by atoms with Crippen LogP contribution in [-0.2, 0) is 30.8 Å². The van der Waals surface area contributed by atoms with E-state index >= 15 is 0 Å². The van der Waals surface area contributed by atoms with Gasteiger partial charge in [-0.3, -0.25) is 14.4 Å². The number of carbonyl (C=O) groups excluding carboxylic acids is 3. The predicted octanol–water partition coefficient (Wildman–Crippen LogP) is -0.381. The molecule has 11 nitrogen and oxygen atoms in total. The Bertz CT molecular complexity index is 1530. The van der Waals surface area contributed by atoms with Crippen LogP contribution in [0.2, 0.25) is 5.02 Å². The molecule has 0 aromatic heterocycles. The van der Waals surface area contributed by atoms with Gasteiger partial charge in [0.25, 0.3) is 0 Å². The fourth-order valence-corrected chi connectivity index (χ4v) is 8.34. The van der Waals surface area contributed by atoms with Gasteiger partial charge in [0.1, 0.15) is 36.7 Å². The fourth-order valence-electron chi connectivity index (χ4n) is 6.34. The maximum absolute atomic E-state index is 14.5. The van der Waals surface area contributed by atoms with Gasteiger partial charge in [0, 0.05) is 24.0 Å². The number of sulfonamides is 1. The van der Waals surface area contributed by atoms with E-state index in [1.165, 1.54) is 34.5 Å². The van der Waals surface area contributed by atoms with E-state index in [-0.39, 0.29) is 53.0 Å². The zero-order valence-corrected chi connectivity index (χ0v) is 25.7. The average Bonchev–Trinajstić information content (AvgIpc) is 3.68. The van der Waals surface area contributed by atoms with Crippen molar-refractivity contribution >= 4 is 52.7 Å². The number of halogens is 1. The fraction of sp³-hybridized carbons (Fsp3) is 0.483. The summed E-state index contributed by atoms with van der Waals surface area (Å²) in [6.45, 7) is 0.428. The molecule has 1 aliphatic carbocycles. The summed E-state index contributed by atoms with van der Waals surface area (Å²) in [6.07, 6.45) is 2.32. The van der Waals surface area contributed by atoms with Gasteiger partial charge in [-0.2, -0.15) is 4.31 Å². The van der Waals surface area contributed by atoms with E-state index in [0.717, 1.165) is 30.3 Å². The molecule has 228 valence electrons. The minimum absolute atomic E-state index is 0.00129. The summed E-state index contributed by atoms with van der Waals surface area (Å²) in [5.74, 6) is -0.952. The molecule has 1 saturated carbocycles. The third kappa shape index (κ3) is 5.75. The van der Waals surface area contributed by atoms with Gasteiger partial charge in [0.2, 0.25) is 27.7 Å². The van der Waals surface area contributed by atoms with E-state index in [0.29, 0.717) is 13.0 Å². The molecule has 4 aliphatic rings. The molecule has 4 fully saturated rings. The molecule has 2 aromatic carbocycles. The standard InChI is InChI=1S/C29H35BClN5O6S/c1-42-24-11-8-19(31)14-25(24)43(40,41)35-15-22(33-27(37)21-3-2-12-32-21)28(38)36-23(13-17-4-6-18(30)7-5-17)29(39)34(16-26(35)36)20-9-10-20/h4-8,11,14,20-23,26,32H,2-3,9-10,12-13,15-16,30H2,1H3,(H,33,37). The van der Waals surface area contributed by atoms with Gasteiger partial charge < -0.3 is 25.2 Å². The van der Waals surface area contributed by atoms with E-state index in [9.17, 15) is 22.8 Å². The lowest BCUT2D eigenvalue weighted by atomic mass is 9.92. The van der Waals surface area contributed by atoms with Gasteiger partial charge in [-0.05, 0) is 56.0 Å². The smallest absolute Gasteiger partial charge is 0.248 e. The third-order valence-corrected chi connectivity index (χ3v) is 10.9. The second-order valence-electron chi connectivity index (χ2n) is 11.7. The quantitative estimate of drug-likeness (QED) is 0.382. The zero-order chi connectivity index (χ0) is 30.5. The molecule has 4 atom stereocenters. The Kier molecular flexibility index (Phi) is 8.18. The molecular formula is C29H35BClN5O6S. The number of piperazine rings is 1. The van der Waals surface area contributed by atoms with Crippen LogP contribution in [0.5, 0.6) is 5.75 Å². The van der Waals surface area contributed by atoms with Crippen LogP contribution in [-0.4, -0.2) is 105 Å². The number of nitrogens with one attached hydrogen (secondary N) is 2. The lowest BCUT2D eigenvalue weighted by molar-refractivity contribution is -0.168. The van der Waals surface area contributed by atoms with Crippen LogP contribution in [0.1, 0.15) is 31.2 Å². The Labute approximate surface area is 257 Å². The summed E-state index contributed by atoms with van der Waals surface area (Å²) in [6, 6.07) is 9.45. The van der Waals surface area contributed by atoms with Crippen molar-refractivity contribution in [1.29, 1.82) is 0 Å². The van der Waals surface area contributed by atoms with Crippen molar-refractivity contribution in [3.05, 3.63) is 53.1 Å².